The van der Waals surface area contributed by atoms with Gasteiger partial charge in [0.15, 0.2) is 0 Å². The summed E-state index contributed by atoms with van der Waals surface area (Å²) in [6.45, 7) is 8.12. The first kappa shape index (κ1) is 15.5. The Morgan fingerprint density at radius 2 is 1.74 bits per heavy atom. The van der Waals surface area contributed by atoms with Crippen molar-refractivity contribution in [2.45, 2.75) is 40.0 Å². The van der Waals surface area contributed by atoms with Crippen molar-refractivity contribution in [3.05, 3.63) is 29.8 Å². The molecular formula is C16H26N2O. The van der Waals surface area contributed by atoms with Gasteiger partial charge in [0.2, 0.25) is 5.91 Å². The molecule has 0 aliphatic heterocycles. The molecule has 0 fully saturated rings. The van der Waals surface area contributed by atoms with Crippen LogP contribution in [0.2, 0.25) is 0 Å². The van der Waals surface area contributed by atoms with E-state index in [1.54, 1.807) is 0 Å². The normalized spacial score (nSPS) is 10.3. The molecule has 0 aliphatic rings. The molecule has 1 aromatic rings. The van der Waals surface area contributed by atoms with Crippen LogP contribution in [0.1, 0.15) is 39.2 Å². The van der Waals surface area contributed by atoms with E-state index in [1.165, 1.54) is 18.4 Å². The second kappa shape index (κ2) is 8.57. The maximum atomic E-state index is 11.9. The lowest BCUT2D eigenvalue weighted by molar-refractivity contribution is -0.128. The minimum Gasteiger partial charge on any atom is -0.376 e. The molecule has 3 heteroatoms. The van der Waals surface area contributed by atoms with Crippen LogP contribution in [0.3, 0.4) is 0 Å². The van der Waals surface area contributed by atoms with Gasteiger partial charge in [-0.05, 0) is 44.4 Å². The summed E-state index contributed by atoms with van der Waals surface area (Å²) in [4.78, 5) is 13.7. The number of nitrogens with zero attached hydrogens (tertiary/aromatic N) is 1. The Bertz CT molecular complexity index is 369. The predicted molar refractivity (Wildman–Crippen MR) is 81.5 cm³/mol. The number of aryl methyl sites for hydroxylation is 1. The smallest absolute Gasteiger partial charge is 0.241 e. The summed E-state index contributed by atoms with van der Waals surface area (Å²) in [5.41, 5.74) is 2.38. The topological polar surface area (TPSA) is 32.3 Å². The zero-order valence-corrected chi connectivity index (χ0v) is 12.4. The lowest BCUT2D eigenvalue weighted by atomic mass is 10.1. The SMILES string of the molecule is CCCCc1ccc(NCC(=O)N(CC)CC)cc1. The van der Waals surface area contributed by atoms with Gasteiger partial charge in [-0.25, -0.2) is 0 Å². The number of benzene rings is 1. The average Bonchev–Trinajstić information content (AvgIpc) is 2.45. The minimum absolute atomic E-state index is 0.153. The van der Waals surface area contributed by atoms with Crippen molar-refractivity contribution in [2.75, 3.05) is 25.0 Å². The Labute approximate surface area is 117 Å². The molecule has 0 spiro atoms. The van der Waals surface area contributed by atoms with Crippen molar-refractivity contribution < 1.29 is 4.79 Å². The van der Waals surface area contributed by atoms with Crippen LogP contribution in [0, 0.1) is 0 Å². The molecule has 1 N–H and O–H groups in total. The fraction of sp³-hybridized carbons (Fsp3) is 0.562. The molecule has 0 aromatic heterocycles. The second-order valence-electron chi connectivity index (χ2n) is 4.72. The largest absolute Gasteiger partial charge is 0.376 e. The van der Waals surface area contributed by atoms with Gasteiger partial charge >= 0.3 is 0 Å². The van der Waals surface area contributed by atoms with Crippen molar-refractivity contribution in [3.63, 3.8) is 0 Å². The third-order valence-corrected chi connectivity index (χ3v) is 3.33. The number of carbonyl (C=O) groups is 1. The summed E-state index contributed by atoms with van der Waals surface area (Å²) in [6.07, 6.45) is 3.58. The van der Waals surface area contributed by atoms with Gasteiger partial charge < -0.3 is 10.2 Å². The highest BCUT2D eigenvalue weighted by Gasteiger charge is 2.08. The summed E-state index contributed by atoms with van der Waals surface area (Å²) < 4.78 is 0. The third kappa shape index (κ3) is 5.33. The van der Waals surface area contributed by atoms with Crippen LogP contribution in [0.15, 0.2) is 24.3 Å². The van der Waals surface area contributed by atoms with Crippen LogP contribution in [0.5, 0.6) is 0 Å². The molecule has 1 amide bonds. The molecule has 3 nitrogen and oxygen atoms in total. The average molecular weight is 262 g/mol. The van der Waals surface area contributed by atoms with Crippen LogP contribution in [0.4, 0.5) is 5.69 Å². The maximum absolute atomic E-state index is 11.9. The van der Waals surface area contributed by atoms with Gasteiger partial charge in [0.25, 0.3) is 0 Å². The van der Waals surface area contributed by atoms with Gasteiger partial charge in [-0.2, -0.15) is 0 Å². The van der Waals surface area contributed by atoms with E-state index in [0.717, 1.165) is 25.2 Å². The summed E-state index contributed by atoms with van der Waals surface area (Å²) in [5, 5.41) is 3.19. The summed E-state index contributed by atoms with van der Waals surface area (Å²) >= 11 is 0. The first-order valence-electron chi connectivity index (χ1n) is 7.31. The number of amides is 1. The van der Waals surface area contributed by atoms with E-state index in [4.69, 9.17) is 0 Å². The first-order chi connectivity index (χ1) is 9.21. The minimum atomic E-state index is 0.153. The Morgan fingerprint density at radius 1 is 1.11 bits per heavy atom. The van der Waals surface area contributed by atoms with Crippen LogP contribution in [-0.4, -0.2) is 30.4 Å². The maximum Gasteiger partial charge on any atom is 0.241 e. The van der Waals surface area contributed by atoms with Crippen LogP contribution in [0.25, 0.3) is 0 Å². The van der Waals surface area contributed by atoms with Crippen molar-refractivity contribution >= 4 is 11.6 Å². The number of carbonyl (C=O) groups excluding carboxylic acids is 1. The number of anilines is 1. The van der Waals surface area contributed by atoms with Gasteiger partial charge in [-0.15, -0.1) is 0 Å². The predicted octanol–water partition coefficient (Wildman–Crippen LogP) is 3.31. The molecule has 0 atom stereocenters. The van der Waals surface area contributed by atoms with Crippen molar-refractivity contribution in [3.8, 4) is 0 Å². The van der Waals surface area contributed by atoms with Gasteiger partial charge in [0.1, 0.15) is 0 Å². The first-order valence-corrected chi connectivity index (χ1v) is 7.31. The Morgan fingerprint density at radius 3 is 2.26 bits per heavy atom. The second-order valence-corrected chi connectivity index (χ2v) is 4.72. The van der Waals surface area contributed by atoms with Crippen molar-refractivity contribution in [1.82, 2.24) is 4.90 Å². The highest BCUT2D eigenvalue weighted by Crippen LogP contribution is 2.11. The van der Waals surface area contributed by atoms with E-state index in [2.05, 4.69) is 36.5 Å². The van der Waals surface area contributed by atoms with E-state index in [-0.39, 0.29) is 5.91 Å². The highest BCUT2D eigenvalue weighted by atomic mass is 16.2. The number of nitrogens with one attached hydrogen (secondary N) is 1. The van der Waals surface area contributed by atoms with Crippen LogP contribution in [-0.2, 0) is 11.2 Å². The van der Waals surface area contributed by atoms with E-state index in [0.29, 0.717) is 6.54 Å². The Balaban J connectivity index is 2.43. The molecule has 0 radical (unpaired) electrons. The van der Waals surface area contributed by atoms with Crippen molar-refractivity contribution in [1.29, 1.82) is 0 Å². The fourth-order valence-corrected chi connectivity index (χ4v) is 2.04. The van der Waals surface area contributed by atoms with E-state index >= 15 is 0 Å². The summed E-state index contributed by atoms with van der Waals surface area (Å²) in [6, 6.07) is 8.39. The van der Waals surface area contributed by atoms with Crippen LogP contribution >= 0.6 is 0 Å². The zero-order chi connectivity index (χ0) is 14.1. The molecule has 106 valence electrons. The van der Waals surface area contributed by atoms with Crippen LogP contribution < -0.4 is 5.32 Å². The van der Waals surface area contributed by atoms with Crippen molar-refractivity contribution in [2.24, 2.45) is 0 Å². The number of unbranched alkanes of at least 4 members (excludes halogenated alkanes) is 1. The molecule has 0 saturated heterocycles. The van der Waals surface area contributed by atoms with E-state index in [9.17, 15) is 4.79 Å². The number of hydrogen-bond acceptors (Lipinski definition) is 2. The lowest BCUT2D eigenvalue weighted by Gasteiger charge is -2.19. The molecular weight excluding hydrogens is 236 g/mol. The molecule has 0 heterocycles. The van der Waals surface area contributed by atoms with E-state index < -0.39 is 0 Å². The molecule has 0 saturated carbocycles. The Hall–Kier alpha value is -1.51. The fourth-order valence-electron chi connectivity index (χ4n) is 2.04. The van der Waals surface area contributed by atoms with E-state index in [1.807, 2.05) is 18.7 Å². The molecule has 19 heavy (non-hydrogen) atoms. The summed E-state index contributed by atoms with van der Waals surface area (Å²) in [7, 11) is 0. The number of likely N-dealkylation sites (N-methyl/N-ethyl adjacent to an activating group) is 1. The quantitative estimate of drug-likeness (QED) is 0.779. The third-order valence-electron chi connectivity index (χ3n) is 3.33. The van der Waals surface area contributed by atoms with Gasteiger partial charge in [0, 0.05) is 18.8 Å². The number of rotatable bonds is 8. The number of hydrogen-bond donors (Lipinski definition) is 1. The summed E-state index contributed by atoms with van der Waals surface area (Å²) in [5.74, 6) is 0.153. The Kier molecular flexibility index (Phi) is 7.01. The highest BCUT2D eigenvalue weighted by molar-refractivity contribution is 5.80. The molecule has 0 bridgehead atoms. The lowest BCUT2D eigenvalue weighted by Crippen LogP contribution is -2.35. The zero-order valence-electron chi connectivity index (χ0n) is 12.4. The monoisotopic (exact) mass is 262 g/mol. The van der Waals surface area contributed by atoms with Gasteiger partial charge in [-0.3, -0.25) is 4.79 Å². The molecule has 1 rings (SSSR count). The standard InChI is InChI=1S/C16H26N2O/c1-4-7-8-14-9-11-15(12-10-14)17-13-16(19)18(5-2)6-3/h9-12,17H,4-8,13H2,1-3H3. The molecule has 0 unspecified atom stereocenters. The molecule has 1 aromatic carbocycles. The van der Waals surface area contributed by atoms with Gasteiger partial charge in [0.05, 0.1) is 6.54 Å². The van der Waals surface area contributed by atoms with Gasteiger partial charge in [-0.1, -0.05) is 25.5 Å². The molecule has 0 aliphatic carbocycles.